The Balaban J connectivity index is 3.17. The van der Waals surface area contributed by atoms with Crippen LogP contribution in [-0.4, -0.2) is 16.9 Å². The summed E-state index contributed by atoms with van der Waals surface area (Å²) < 4.78 is 0. The smallest absolute Gasteiger partial charge is 0.303 e. The molecule has 0 spiro atoms. The van der Waals surface area contributed by atoms with Gasteiger partial charge < -0.3 is 5.11 Å². The normalized spacial score (nSPS) is 12.2. The number of unbranched alkanes of at least 4 members (excludes halogenated alkanes) is 19. The molecule has 3 nitrogen and oxygen atoms in total. The number of ketones is 1. The van der Waals surface area contributed by atoms with E-state index >= 15 is 0 Å². The fourth-order valence-electron chi connectivity index (χ4n) is 4.44. The standard InChI is InChI=1S/C28H54O3/c1-3-4-5-6-7-8-9-10-11-12-13-14-15-16-17-18-19-20-21-22-23-27(29)24-26(2)25-28(30)31/h26H,3-25H2,1-2H3,(H,30,31)/t26-/m0/s1. The molecule has 0 rings (SSSR count). The van der Waals surface area contributed by atoms with Gasteiger partial charge in [-0.3, -0.25) is 9.59 Å². The van der Waals surface area contributed by atoms with Crippen molar-refractivity contribution >= 4 is 11.8 Å². The van der Waals surface area contributed by atoms with Gasteiger partial charge in [0.2, 0.25) is 0 Å². The highest BCUT2D eigenvalue weighted by molar-refractivity contribution is 5.79. The number of carboxylic acid groups (broad SMARTS) is 1. The molecule has 0 saturated heterocycles. The molecular formula is C28H54O3. The number of rotatable bonds is 25. The highest BCUT2D eigenvalue weighted by Crippen LogP contribution is 2.16. The molecule has 0 radical (unpaired) electrons. The number of hydrogen-bond acceptors (Lipinski definition) is 2. The SMILES string of the molecule is CCCCCCCCCCCCCCCCCCCCCCC(=O)C[C@H](C)CC(=O)O. The van der Waals surface area contributed by atoms with Gasteiger partial charge in [0.1, 0.15) is 5.78 Å². The van der Waals surface area contributed by atoms with E-state index in [1.54, 1.807) is 0 Å². The molecule has 0 aromatic heterocycles. The summed E-state index contributed by atoms with van der Waals surface area (Å²) in [4.78, 5) is 22.5. The van der Waals surface area contributed by atoms with Crippen molar-refractivity contribution < 1.29 is 14.7 Å². The number of carbonyl (C=O) groups is 2. The molecule has 184 valence electrons. The zero-order chi connectivity index (χ0) is 23.0. The van der Waals surface area contributed by atoms with Crippen LogP contribution in [0.15, 0.2) is 0 Å². The molecule has 0 bridgehead atoms. The van der Waals surface area contributed by atoms with Crippen LogP contribution in [0, 0.1) is 5.92 Å². The fraction of sp³-hybridized carbons (Fsp3) is 0.929. The van der Waals surface area contributed by atoms with Gasteiger partial charge in [0.15, 0.2) is 0 Å². The predicted octanol–water partition coefficient (Wildman–Crippen LogP) is 9.27. The highest BCUT2D eigenvalue weighted by Gasteiger charge is 2.12. The van der Waals surface area contributed by atoms with Gasteiger partial charge in [-0.25, -0.2) is 0 Å². The minimum atomic E-state index is -0.806. The van der Waals surface area contributed by atoms with Crippen molar-refractivity contribution in [1.82, 2.24) is 0 Å². The number of hydrogen-bond donors (Lipinski definition) is 1. The second-order valence-corrected chi connectivity index (χ2v) is 9.91. The monoisotopic (exact) mass is 438 g/mol. The van der Waals surface area contributed by atoms with Crippen LogP contribution < -0.4 is 0 Å². The van der Waals surface area contributed by atoms with Gasteiger partial charge in [-0.2, -0.15) is 0 Å². The maximum atomic E-state index is 11.8. The molecule has 1 atom stereocenters. The fourth-order valence-corrected chi connectivity index (χ4v) is 4.44. The largest absolute Gasteiger partial charge is 0.481 e. The Hall–Kier alpha value is -0.860. The van der Waals surface area contributed by atoms with E-state index in [1.807, 2.05) is 6.92 Å². The molecule has 0 amide bonds. The van der Waals surface area contributed by atoms with Crippen molar-refractivity contribution in [3.05, 3.63) is 0 Å². The van der Waals surface area contributed by atoms with E-state index in [0.717, 1.165) is 12.8 Å². The highest BCUT2D eigenvalue weighted by atomic mass is 16.4. The molecule has 0 aliphatic carbocycles. The van der Waals surface area contributed by atoms with Crippen molar-refractivity contribution in [1.29, 1.82) is 0 Å². The van der Waals surface area contributed by atoms with E-state index in [0.29, 0.717) is 12.8 Å². The van der Waals surface area contributed by atoms with Gasteiger partial charge in [-0.15, -0.1) is 0 Å². The molecule has 0 aromatic carbocycles. The van der Waals surface area contributed by atoms with Crippen molar-refractivity contribution in [2.75, 3.05) is 0 Å². The predicted molar refractivity (Wildman–Crippen MR) is 134 cm³/mol. The van der Waals surface area contributed by atoms with Gasteiger partial charge in [0.25, 0.3) is 0 Å². The van der Waals surface area contributed by atoms with Crippen LogP contribution in [0.3, 0.4) is 0 Å². The lowest BCUT2D eigenvalue weighted by Crippen LogP contribution is -2.09. The maximum absolute atomic E-state index is 11.8. The molecule has 0 saturated carbocycles. The summed E-state index contributed by atoms with van der Waals surface area (Å²) in [5, 5.41) is 8.74. The second-order valence-electron chi connectivity index (χ2n) is 9.91. The Kier molecular flexibility index (Phi) is 23.1. The Morgan fingerprint density at radius 3 is 1.19 bits per heavy atom. The summed E-state index contributed by atoms with van der Waals surface area (Å²) in [5.74, 6) is -0.606. The molecule has 31 heavy (non-hydrogen) atoms. The zero-order valence-corrected chi connectivity index (χ0v) is 21.1. The molecular weight excluding hydrogens is 384 g/mol. The van der Waals surface area contributed by atoms with Gasteiger partial charge in [-0.1, -0.05) is 136 Å². The summed E-state index contributed by atoms with van der Waals surface area (Å²) in [6.45, 7) is 4.13. The third-order valence-corrected chi connectivity index (χ3v) is 6.41. The molecule has 0 aliphatic heterocycles. The van der Waals surface area contributed by atoms with Crippen LogP contribution in [0.4, 0.5) is 0 Å². The summed E-state index contributed by atoms with van der Waals surface area (Å²) in [7, 11) is 0. The third kappa shape index (κ3) is 25.3. The molecule has 1 N–H and O–H groups in total. The maximum Gasteiger partial charge on any atom is 0.303 e. The van der Waals surface area contributed by atoms with Crippen LogP contribution in [0.25, 0.3) is 0 Å². The Bertz CT molecular complexity index is 405. The lowest BCUT2D eigenvalue weighted by molar-refractivity contribution is -0.138. The van der Waals surface area contributed by atoms with Gasteiger partial charge in [0, 0.05) is 19.3 Å². The van der Waals surface area contributed by atoms with Crippen molar-refractivity contribution in [2.45, 2.75) is 162 Å². The summed E-state index contributed by atoms with van der Waals surface area (Å²) in [5.41, 5.74) is 0. The van der Waals surface area contributed by atoms with Crippen LogP contribution in [0.1, 0.15) is 162 Å². The van der Waals surface area contributed by atoms with E-state index in [9.17, 15) is 9.59 Å². The number of carboxylic acids is 1. The Labute approximate surface area is 194 Å². The number of carbonyl (C=O) groups excluding carboxylic acids is 1. The molecule has 0 unspecified atom stereocenters. The minimum Gasteiger partial charge on any atom is -0.481 e. The second kappa shape index (κ2) is 23.8. The topological polar surface area (TPSA) is 54.4 Å². The van der Waals surface area contributed by atoms with Gasteiger partial charge >= 0.3 is 5.97 Å². The molecule has 0 aromatic rings. The Morgan fingerprint density at radius 1 is 0.548 bits per heavy atom. The van der Waals surface area contributed by atoms with Crippen LogP contribution in [-0.2, 0) is 9.59 Å². The van der Waals surface area contributed by atoms with Crippen LogP contribution in [0.5, 0.6) is 0 Å². The minimum absolute atomic E-state index is 0.0323. The zero-order valence-electron chi connectivity index (χ0n) is 21.1. The quantitative estimate of drug-likeness (QED) is 0.144. The first-order chi connectivity index (χ1) is 15.1. The van der Waals surface area contributed by atoms with Crippen molar-refractivity contribution in [2.24, 2.45) is 5.92 Å². The van der Waals surface area contributed by atoms with Crippen molar-refractivity contribution in [3.63, 3.8) is 0 Å². The lowest BCUT2D eigenvalue weighted by Gasteiger charge is -2.07. The van der Waals surface area contributed by atoms with E-state index in [1.165, 1.54) is 116 Å². The summed E-state index contributed by atoms with van der Waals surface area (Å²) in [6, 6.07) is 0. The number of Topliss-reactive ketones (excluding diaryl/α,β-unsaturated/α-hetero) is 1. The summed E-state index contributed by atoms with van der Waals surface area (Å²) in [6.07, 6.45) is 28.4. The van der Waals surface area contributed by atoms with Crippen LogP contribution in [0.2, 0.25) is 0 Å². The first kappa shape index (κ1) is 30.1. The average Bonchev–Trinajstić information content (AvgIpc) is 2.71. The van der Waals surface area contributed by atoms with Gasteiger partial charge in [0.05, 0.1) is 0 Å². The van der Waals surface area contributed by atoms with Gasteiger partial charge in [-0.05, 0) is 12.3 Å². The molecule has 0 heterocycles. The van der Waals surface area contributed by atoms with Crippen LogP contribution >= 0.6 is 0 Å². The molecule has 0 fully saturated rings. The number of aliphatic carboxylic acids is 1. The lowest BCUT2D eigenvalue weighted by atomic mass is 9.98. The third-order valence-electron chi connectivity index (χ3n) is 6.41. The summed E-state index contributed by atoms with van der Waals surface area (Å²) >= 11 is 0. The Morgan fingerprint density at radius 2 is 0.871 bits per heavy atom. The first-order valence-corrected chi connectivity index (χ1v) is 13.8. The van der Waals surface area contributed by atoms with E-state index in [-0.39, 0.29) is 18.1 Å². The molecule has 3 heteroatoms. The van der Waals surface area contributed by atoms with E-state index in [4.69, 9.17) is 5.11 Å². The first-order valence-electron chi connectivity index (χ1n) is 13.8. The van der Waals surface area contributed by atoms with E-state index in [2.05, 4.69) is 6.92 Å². The molecule has 0 aliphatic rings. The average molecular weight is 439 g/mol. The van der Waals surface area contributed by atoms with Crippen molar-refractivity contribution in [3.8, 4) is 0 Å². The van der Waals surface area contributed by atoms with E-state index < -0.39 is 5.97 Å².